The lowest BCUT2D eigenvalue weighted by molar-refractivity contribution is 0.0269. The van der Waals surface area contributed by atoms with Crippen molar-refractivity contribution in [3.63, 3.8) is 0 Å². The molecule has 0 radical (unpaired) electrons. The number of aliphatic hydroxyl groups is 1. The number of aryl methyl sites for hydroxylation is 1. The summed E-state index contributed by atoms with van der Waals surface area (Å²) in [5.41, 5.74) is -0.534. The molecule has 8 nitrogen and oxygen atoms in total. The maximum atomic E-state index is 12.0. The number of hydrogen-bond donors (Lipinski definition) is 1. The molecule has 112 valence electrons. The van der Waals surface area contributed by atoms with Gasteiger partial charge >= 0.3 is 6.09 Å². The molecule has 2 heterocycles. The molecule has 1 fully saturated rings. The van der Waals surface area contributed by atoms with Gasteiger partial charge in [0, 0.05) is 25.9 Å². The van der Waals surface area contributed by atoms with Gasteiger partial charge in [0.2, 0.25) is 0 Å². The summed E-state index contributed by atoms with van der Waals surface area (Å²) in [6.07, 6.45) is -0.446. The molecule has 0 bridgehead atoms. The topological polar surface area (TPSA) is 93.4 Å². The molecule has 2 rings (SSSR count). The summed E-state index contributed by atoms with van der Waals surface area (Å²) in [4.78, 5) is 13.5. The first kappa shape index (κ1) is 14.7. The summed E-state index contributed by atoms with van der Waals surface area (Å²) in [5.74, 6) is 0.618. The lowest BCUT2D eigenvalue weighted by Gasteiger charge is -2.24. The predicted molar refractivity (Wildman–Crippen MR) is 69.8 cm³/mol. The van der Waals surface area contributed by atoms with Gasteiger partial charge in [-0.1, -0.05) is 0 Å². The van der Waals surface area contributed by atoms with E-state index in [1.807, 2.05) is 20.8 Å². The Morgan fingerprint density at radius 1 is 1.45 bits per heavy atom. The van der Waals surface area contributed by atoms with E-state index in [4.69, 9.17) is 4.74 Å². The first-order chi connectivity index (χ1) is 9.26. The Balaban J connectivity index is 1.95. The number of carbonyl (C=O) groups is 1. The SMILES string of the molecule is Cn1nnnc1C[C@@H]1CN(C(=O)OC(C)(C)C)C[C@H]1O. The monoisotopic (exact) mass is 283 g/mol. The van der Waals surface area contributed by atoms with Crippen LogP contribution in [0.25, 0.3) is 0 Å². The average molecular weight is 283 g/mol. The minimum atomic E-state index is -0.584. The van der Waals surface area contributed by atoms with E-state index >= 15 is 0 Å². The van der Waals surface area contributed by atoms with Crippen LogP contribution in [0.4, 0.5) is 4.79 Å². The highest BCUT2D eigenvalue weighted by molar-refractivity contribution is 5.68. The van der Waals surface area contributed by atoms with Crippen LogP contribution >= 0.6 is 0 Å². The number of hydrogen-bond acceptors (Lipinski definition) is 6. The Morgan fingerprint density at radius 2 is 2.15 bits per heavy atom. The lowest BCUT2D eigenvalue weighted by Crippen LogP contribution is -2.35. The zero-order valence-electron chi connectivity index (χ0n) is 12.3. The molecular formula is C12H21N5O3. The lowest BCUT2D eigenvalue weighted by atomic mass is 10.0. The normalized spacial score (nSPS) is 23.1. The minimum Gasteiger partial charge on any atom is -0.444 e. The number of carbonyl (C=O) groups excluding carboxylic acids is 1. The van der Waals surface area contributed by atoms with Crippen LogP contribution in [0.3, 0.4) is 0 Å². The molecule has 0 saturated carbocycles. The molecule has 1 amide bonds. The van der Waals surface area contributed by atoms with Gasteiger partial charge in [0.05, 0.1) is 12.6 Å². The van der Waals surface area contributed by atoms with E-state index in [-0.39, 0.29) is 12.5 Å². The van der Waals surface area contributed by atoms with Gasteiger partial charge in [0.1, 0.15) is 5.60 Å². The van der Waals surface area contributed by atoms with Gasteiger partial charge in [-0.3, -0.25) is 0 Å². The van der Waals surface area contributed by atoms with Crippen LogP contribution in [0.15, 0.2) is 0 Å². The summed E-state index contributed by atoms with van der Waals surface area (Å²) in [7, 11) is 1.75. The van der Waals surface area contributed by atoms with E-state index < -0.39 is 17.8 Å². The summed E-state index contributed by atoms with van der Waals surface area (Å²) in [6, 6.07) is 0. The molecule has 2 atom stereocenters. The summed E-state index contributed by atoms with van der Waals surface area (Å²) in [5, 5.41) is 21.3. The van der Waals surface area contributed by atoms with E-state index in [9.17, 15) is 9.90 Å². The fourth-order valence-corrected chi connectivity index (χ4v) is 2.19. The molecule has 1 saturated heterocycles. The minimum absolute atomic E-state index is 0.0766. The van der Waals surface area contributed by atoms with Gasteiger partial charge in [-0.15, -0.1) is 5.10 Å². The predicted octanol–water partition coefficient (Wildman–Crippen LogP) is -0.0196. The Hall–Kier alpha value is -1.70. The van der Waals surface area contributed by atoms with Crippen molar-refractivity contribution in [2.75, 3.05) is 13.1 Å². The van der Waals surface area contributed by atoms with Crippen molar-refractivity contribution >= 4 is 6.09 Å². The van der Waals surface area contributed by atoms with Crippen LogP contribution in [-0.4, -0.2) is 61.1 Å². The van der Waals surface area contributed by atoms with Crippen molar-refractivity contribution in [1.29, 1.82) is 0 Å². The highest BCUT2D eigenvalue weighted by atomic mass is 16.6. The smallest absolute Gasteiger partial charge is 0.410 e. The number of ether oxygens (including phenoxy) is 1. The third kappa shape index (κ3) is 3.44. The molecule has 1 aromatic rings. The number of aromatic nitrogens is 4. The van der Waals surface area contributed by atoms with Gasteiger partial charge in [-0.05, 0) is 31.2 Å². The fraction of sp³-hybridized carbons (Fsp3) is 0.833. The van der Waals surface area contributed by atoms with Crippen LogP contribution in [0.5, 0.6) is 0 Å². The van der Waals surface area contributed by atoms with Crippen molar-refractivity contribution in [3.05, 3.63) is 5.82 Å². The highest BCUT2D eigenvalue weighted by Crippen LogP contribution is 2.22. The second-order valence-corrected chi connectivity index (χ2v) is 6.14. The molecule has 0 aromatic carbocycles. The van der Waals surface area contributed by atoms with E-state index in [1.54, 1.807) is 11.7 Å². The molecule has 1 aromatic heterocycles. The third-order valence-electron chi connectivity index (χ3n) is 3.21. The number of β-amino-alcohol motifs (C(OH)–C–C–N with tert-alkyl or cyclic N) is 1. The number of tetrazole rings is 1. The van der Waals surface area contributed by atoms with Gasteiger partial charge in [-0.25, -0.2) is 9.48 Å². The molecule has 0 aliphatic carbocycles. The second-order valence-electron chi connectivity index (χ2n) is 6.14. The molecule has 1 aliphatic rings. The molecule has 20 heavy (non-hydrogen) atoms. The largest absolute Gasteiger partial charge is 0.444 e. The zero-order valence-corrected chi connectivity index (χ0v) is 12.3. The van der Waals surface area contributed by atoms with E-state index in [1.165, 1.54) is 4.90 Å². The van der Waals surface area contributed by atoms with Crippen molar-refractivity contribution in [1.82, 2.24) is 25.1 Å². The number of nitrogens with zero attached hydrogens (tertiary/aromatic N) is 5. The highest BCUT2D eigenvalue weighted by Gasteiger charge is 2.36. The summed E-state index contributed by atoms with van der Waals surface area (Å²) < 4.78 is 6.88. The number of amides is 1. The Labute approximate surface area is 117 Å². The number of aliphatic hydroxyl groups excluding tert-OH is 1. The summed E-state index contributed by atoms with van der Waals surface area (Å²) >= 11 is 0. The quantitative estimate of drug-likeness (QED) is 0.820. The maximum Gasteiger partial charge on any atom is 0.410 e. The van der Waals surface area contributed by atoms with Crippen LogP contribution in [-0.2, 0) is 18.2 Å². The first-order valence-corrected chi connectivity index (χ1v) is 6.63. The molecule has 0 unspecified atom stereocenters. The van der Waals surface area contributed by atoms with Crippen LogP contribution in [0, 0.1) is 5.92 Å². The standard InChI is InChI=1S/C12H21N5O3/c1-12(2,3)20-11(19)17-6-8(9(18)7-17)5-10-13-14-15-16(10)4/h8-9,18H,5-7H2,1-4H3/t8-,9-/m1/s1. The molecular weight excluding hydrogens is 262 g/mol. The first-order valence-electron chi connectivity index (χ1n) is 6.63. The van der Waals surface area contributed by atoms with Crippen molar-refractivity contribution in [2.45, 2.75) is 38.9 Å². The average Bonchev–Trinajstić information content (AvgIpc) is 2.86. The third-order valence-corrected chi connectivity index (χ3v) is 3.21. The van der Waals surface area contributed by atoms with Gasteiger partial charge in [0.25, 0.3) is 0 Å². The van der Waals surface area contributed by atoms with Gasteiger partial charge in [-0.2, -0.15) is 0 Å². The molecule has 0 spiro atoms. The number of rotatable bonds is 2. The molecule has 1 aliphatic heterocycles. The van der Waals surface area contributed by atoms with E-state index in [0.29, 0.717) is 18.8 Å². The van der Waals surface area contributed by atoms with Gasteiger partial charge < -0.3 is 14.7 Å². The van der Waals surface area contributed by atoms with E-state index in [0.717, 1.165) is 0 Å². The fourth-order valence-electron chi connectivity index (χ4n) is 2.19. The second kappa shape index (κ2) is 5.35. The Morgan fingerprint density at radius 3 is 2.70 bits per heavy atom. The van der Waals surface area contributed by atoms with Crippen molar-refractivity contribution < 1.29 is 14.6 Å². The van der Waals surface area contributed by atoms with Crippen LogP contribution in [0.2, 0.25) is 0 Å². The van der Waals surface area contributed by atoms with Crippen molar-refractivity contribution in [3.8, 4) is 0 Å². The number of likely N-dealkylation sites (tertiary alicyclic amines) is 1. The molecule has 1 N–H and O–H groups in total. The van der Waals surface area contributed by atoms with Gasteiger partial charge in [0.15, 0.2) is 5.82 Å². The van der Waals surface area contributed by atoms with Crippen LogP contribution in [0.1, 0.15) is 26.6 Å². The maximum absolute atomic E-state index is 12.0. The van der Waals surface area contributed by atoms with Crippen molar-refractivity contribution in [2.24, 2.45) is 13.0 Å². The van der Waals surface area contributed by atoms with E-state index in [2.05, 4.69) is 15.5 Å². The zero-order chi connectivity index (χ0) is 14.9. The Bertz CT molecular complexity index is 482. The summed E-state index contributed by atoms with van der Waals surface area (Å²) in [6.45, 7) is 6.19. The Kier molecular flexibility index (Phi) is 3.94. The molecule has 8 heteroatoms. The van der Waals surface area contributed by atoms with Crippen LogP contribution < -0.4 is 0 Å².